The molecular weight excluding hydrogens is 295 g/mol. The number of para-hydroxylation sites is 1. The van der Waals surface area contributed by atoms with Crippen LogP contribution in [0.2, 0.25) is 0 Å². The van der Waals surface area contributed by atoms with Crippen molar-refractivity contribution in [2.24, 2.45) is 5.92 Å². The Balaban J connectivity index is 2.75. The van der Waals surface area contributed by atoms with E-state index in [2.05, 4.69) is 11.4 Å². The largest absolute Gasteiger partial charge is 0.418 e. The van der Waals surface area contributed by atoms with E-state index in [-0.39, 0.29) is 18.2 Å². The predicted octanol–water partition coefficient (Wildman–Crippen LogP) is 3.13. The van der Waals surface area contributed by atoms with E-state index < -0.39 is 17.6 Å². The van der Waals surface area contributed by atoms with Crippen molar-refractivity contribution in [3.8, 4) is 6.07 Å². The van der Waals surface area contributed by atoms with Crippen molar-refractivity contribution >= 4 is 11.6 Å². The highest BCUT2D eigenvalue weighted by atomic mass is 19.4. The lowest BCUT2D eigenvalue weighted by Crippen LogP contribution is -2.36. The topological polar surface area (TPSA) is 56.1 Å². The van der Waals surface area contributed by atoms with Crippen LogP contribution >= 0.6 is 0 Å². The maximum Gasteiger partial charge on any atom is 0.418 e. The van der Waals surface area contributed by atoms with Crippen molar-refractivity contribution in [2.75, 3.05) is 25.0 Å². The number of rotatable bonds is 6. The normalized spacial score (nSPS) is 12.8. The van der Waals surface area contributed by atoms with Gasteiger partial charge in [-0.05, 0) is 25.6 Å². The van der Waals surface area contributed by atoms with Crippen LogP contribution in [0.4, 0.5) is 18.9 Å². The first-order chi connectivity index (χ1) is 10.3. The van der Waals surface area contributed by atoms with Crippen LogP contribution in [-0.2, 0) is 11.0 Å². The average Bonchev–Trinajstić information content (AvgIpc) is 2.45. The highest BCUT2D eigenvalue weighted by molar-refractivity contribution is 5.93. The highest BCUT2D eigenvalue weighted by Crippen LogP contribution is 2.34. The van der Waals surface area contributed by atoms with Crippen LogP contribution < -0.4 is 5.32 Å². The SMILES string of the molecule is CCN(CC(=O)Nc1ccccc1C(F)(F)F)C[C@@H](C)C#N. The van der Waals surface area contributed by atoms with Gasteiger partial charge in [-0.1, -0.05) is 19.1 Å². The molecule has 1 amide bonds. The predicted molar refractivity (Wildman–Crippen MR) is 77.0 cm³/mol. The number of amides is 1. The summed E-state index contributed by atoms with van der Waals surface area (Å²) in [7, 11) is 0. The van der Waals surface area contributed by atoms with Gasteiger partial charge in [0, 0.05) is 6.54 Å². The van der Waals surface area contributed by atoms with Crippen molar-refractivity contribution in [1.29, 1.82) is 5.26 Å². The zero-order chi connectivity index (χ0) is 16.8. The van der Waals surface area contributed by atoms with Gasteiger partial charge in [-0.25, -0.2) is 0 Å². The van der Waals surface area contributed by atoms with E-state index in [0.717, 1.165) is 6.07 Å². The Bertz CT molecular complexity index is 552. The van der Waals surface area contributed by atoms with Crippen LogP contribution in [0.1, 0.15) is 19.4 Å². The van der Waals surface area contributed by atoms with E-state index in [0.29, 0.717) is 13.1 Å². The minimum Gasteiger partial charge on any atom is -0.324 e. The highest BCUT2D eigenvalue weighted by Gasteiger charge is 2.33. The third kappa shape index (κ3) is 5.37. The van der Waals surface area contributed by atoms with Crippen LogP contribution in [0.3, 0.4) is 0 Å². The number of carbonyl (C=O) groups is 1. The first kappa shape index (κ1) is 18.0. The molecule has 0 saturated carbocycles. The molecule has 0 saturated heterocycles. The summed E-state index contributed by atoms with van der Waals surface area (Å²) in [6.45, 7) is 4.40. The molecule has 7 heteroatoms. The Hall–Kier alpha value is -2.07. The van der Waals surface area contributed by atoms with E-state index in [9.17, 15) is 18.0 Å². The van der Waals surface area contributed by atoms with Gasteiger partial charge in [0.1, 0.15) is 0 Å². The van der Waals surface area contributed by atoms with E-state index in [1.165, 1.54) is 18.2 Å². The second-order valence-corrected chi connectivity index (χ2v) is 4.95. The van der Waals surface area contributed by atoms with Gasteiger partial charge in [-0.2, -0.15) is 18.4 Å². The second kappa shape index (κ2) is 7.80. The molecule has 4 nitrogen and oxygen atoms in total. The van der Waals surface area contributed by atoms with Crippen LogP contribution in [0.25, 0.3) is 0 Å². The molecule has 0 aliphatic carbocycles. The minimum absolute atomic E-state index is 0.0608. The number of benzene rings is 1. The molecule has 1 aromatic carbocycles. The molecule has 0 aromatic heterocycles. The van der Waals surface area contributed by atoms with Crippen molar-refractivity contribution in [3.05, 3.63) is 29.8 Å². The number of nitrogens with one attached hydrogen (secondary N) is 1. The van der Waals surface area contributed by atoms with E-state index >= 15 is 0 Å². The Morgan fingerprint density at radius 1 is 1.41 bits per heavy atom. The summed E-state index contributed by atoms with van der Waals surface area (Å²) in [5.41, 5.74) is -1.14. The van der Waals surface area contributed by atoms with Gasteiger partial charge in [0.05, 0.1) is 29.8 Å². The third-order valence-electron chi connectivity index (χ3n) is 3.07. The maximum absolute atomic E-state index is 12.8. The molecule has 1 N–H and O–H groups in total. The molecule has 120 valence electrons. The Morgan fingerprint density at radius 3 is 2.59 bits per heavy atom. The molecule has 0 spiro atoms. The number of hydrogen-bond donors (Lipinski definition) is 1. The summed E-state index contributed by atoms with van der Waals surface area (Å²) >= 11 is 0. The van der Waals surface area contributed by atoms with E-state index in [1.54, 1.807) is 11.8 Å². The van der Waals surface area contributed by atoms with Crippen LogP contribution in [-0.4, -0.2) is 30.4 Å². The summed E-state index contributed by atoms with van der Waals surface area (Å²) in [4.78, 5) is 13.6. The number of hydrogen-bond acceptors (Lipinski definition) is 3. The zero-order valence-electron chi connectivity index (χ0n) is 12.4. The fourth-order valence-electron chi connectivity index (χ4n) is 1.97. The molecule has 0 unspecified atom stereocenters. The quantitative estimate of drug-likeness (QED) is 0.878. The Labute approximate surface area is 127 Å². The van der Waals surface area contributed by atoms with Crippen LogP contribution in [0, 0.1) is 17.2 Å². The standard InChI is InChI=1S/C15H18F3N3O/c1-3-21(9-11(2)8-19)10-14(22)20-13-7-5-4-6-12(13)15(16,17)18/h4-7,11H,3,9-10H2,1-2H3,(H,20,22)/t11-/m0/s1. The monoisotopic (exact) mass is 313 g/mol. The number of carbonyl (C=O) groups excluding carboxylic acids is 1. The minimum atomic E-state index is -4.52. The van der Waals surface area contributed by atoms with Gasteiger partial charge >= 0.3 is 6.18 Å². The first-order valence-electron chi connectivity index (χ1n) is 6.86. The third-order valence-corrected chi connectivity index (χ3v) is 3.07. The number of halogens is 3. The van der Waals surface area contributed by atoms with Crippen LogP contribution in [0.15, 0.2) is 24.3 Å². The average molecular weight is 313 g/mol. The molecule has 0 aliphatic heterocycles. The number of likely N-dealkylation sites (N-methyl/N-ethyl adjacent to an activating group) is 1. The molecule has 0 aliphatic rings. The molecule has 0 radical (unpaired) electrons. The fraction of sp³-hybridized carbons (Fsp3) is 0.467. The van der Waals surface area contributed by atoms with Gasteiger partial charge in [-0.3, -0.25) is 9.69 Å². The fourth-order valence-corrected chi connectivity index (χ4v) is 1.97. The molecule has 1 aromatic rings. The Kier molecular flexibility index (Phi) is 6.38. The van der Waals surface area contributed by atoms with Crippen LogP contribution in [0.5, 0.6) is 0 Å². The molecule has 0 bridgehead atoms. The van der Waals surface area contributed by atoms with Crippen molar-refractivity contribution in [1.82, 2.24) is 4.90 Å². The zero-order valence-corrected chi connectivity index (χ0v) is 12.4. The van der Waals surface area contributed by atoms with Gasteiger partial charge in [-0.15, -0.1) is 0 Å². The van der Waals surface area contributed by atoms with E-state index in [4.69, 9.17) is 5.26 Å². The summed E-state index contributed by atoms with van der Waals surface area (Å²) < 4.78 is 38.5. The first-order valence-corrected chi connectivity index (χ1v) is 6.86. The lowest BCUT2D eigenvalue weighted by Gasteiger charge is -2.21. The molecular formula is C15H18F3N3O. The van der Waals surface area contributed by atoms with Gasteiger partial charge in [0.2, 0.25) is 5.91 Å². The molecule has 0 fully saturated rings. The second-order valence-electron chi connectivity index (χ2n) is 4.95. The van der Waals surface area contributed by atoms with E-state index in [1.807, 2.05) is 6.92 Å². The molecule has 1 rings (SSSR count). The lowest BCUT2D eigenvalue weighted by atomic mass is 10.1. The van der Waals surface area contributed by atoms with Crippen molar-refractivity contribution in [3.63, 3.8) is 0 Å². The number of nitriles is 1. The van der Waals surface area contributed by atoms with Gasteiger partial charge in [0.15, 0.2) is 0 Å². The molecule has 22 heavy (non-hydrogen) atoms. The number of alkyl halides is 3. The summed E-state index contributed by atoms with van der Waals surface area (Å²) in [5.74, 6) is -0.793. The number of nitrogens with zero attached hydrogens (tertiary/aromatic N) is 2. The van der Waals surface area contributed by atoms with Crippen molar-refractivity contribution < 1.29 is 18.0 Å². The summed E-state index contributed by atoms with van der Waals surface area (Å²) in [6, 6.07) is 6.90. The number of anilines is 1. The lowest BCUT2D eigenvalue weighted by molar-refractivity contribution is -0.137. The van der Waals surface area contributed by atoms with Gasteiger partial charge < -0.3 is 5.32 Å². The smallest absolute Gasteiger partial charge is 0.324 e. The molecule has 1 atom stereocenters. The van der Waals surface area contributed by atoms with Crippen molar-refractivity contribution in [2.45, 2.75) is 20.0 Å². The van der Waals surface area contributed by atoms with Gasteiger partial charge in [0.25, 0.3) is 0 Å². The summed E-state index contributed by atoms with van der Waals surface area (Å²) in [6.07, 6.45) is -4.52. The molecule has 0 heterocycles. The summed E-state index contributed by atoms with van der Waals surface area (Å²) in [5, 5.41) is 11.1. The maximum atomic E-state index is 12.8. The Morgan fingerprint density at radius 2 is 2.05 bits per heavy atom.